The van der Waals surface area contributed by atoms with Crippen LogP contribution < -0.4 is 10.6 Å². The molecular weight excluding hydrogens is 160 g/mol. The van der Waals surface area contributed by atoms with Gasteiger partial charge in [0.25, 0.3) is 0 Å². The third kappa shape index (κ3) is 1.74. The summed E-state index contributed by atoms with van der Waals surface area (Å²) in [4.78, 5) is 0. The van der Waals surface area contributed by atoms with Gasteiger partial charge in [0.05, 0.1) is 0 Å². The van der Waals surface area contributed by atoms with Gasteiger partial charge in [-0.15, -0.1) is 0 Å². The Morgan fingerprint density at radius 1 is 1.23 bits per heavy atom. The second kappa shape index (κ2) is 3.90. The highest BCUT2D eigenvalue weighted by molar-refractivity contribution is 5.23. The van der Waals surface area contributed by atoms with Crippen molar-refractivity contribution in [2.45, 2.75) is 12.0 Å². The van der Waals surface area contributed by atoms with Crippen LogP contribution in [-0.4, -0.2) is 26.2 Å². The summed E-state index contributed by atoms with van der Waals surface area (Å²) in [6, 6.07) is 11.3. The van der Waals surface area contributed by atoms with Crippen LogP contribution in [0.5, 0.6) is 0 Å². The van der Waals surface area contributed by atoms with Crippen LogP contribution in [0, 0.1) is 0 Å². The Hall–Kier alpha value is -0.860. The molecule has 2 heteroatoms. The zero-order valence-corrected chi connectivity index (χ0v) is 7.96. The summed E-state index contributed by atoms with van der Waals surface area (Å²) < 4.78 is 0. The second-order valence-electron chi connectivity index (χ2n) is 3.57. The lowest BCUT2D eigenvalue weighted by Crippen LogP contribution is -2.31. The van der Waals surface area contributed by atoms with Crippen molar-refractivity contribution in [3.8, 4) is 0 Å². The van der Waals surface area contributed by atoms with Gasteiger partial charge < -0.3 is 10.6 Å². The fraction of sp³-hybridized carbons (Fsp3) is 0.455. The summed E-state index contributed by atoms with van der Waals surface area (Å²) in [5, 5.41) is 6.76. The molecule has 1 aliphatic rings. The van der Waals surface area contributed by atoms with Gasteiger partial charge in [0.2, 0.25) is 0 Å². The molecule has 2 nitrogen and oxygen atoms in total. The van der Waals surface area contributed by atoms with E-state index >= 15 is 0 Å². The van der Waals surface area contributed by atoms with Gasteiger partial charge in [0.1, 0.15) is 0 Å². The van der Waals surface area contributed by atoms with Crippen molar-refractivity contribution in [1.29, 1.82) is 0 Å². The molecule has 0 bridgehead atoms. The average molecular weight is 176 g/mol. The van der Waals surface area contributed by atoms with E-state index in [1.807, 2.05) is 7.05 Å². The largest absolute Gasteiger partial charge is 0.315 e. The van der Waals surface area contributed by atoms with E-state index in [-0.39, 0.29) is 0 Å². The second-order valence-corrected chi connectivity index (χ2v) is 3.57. The van der Waals surface area contributed by atoms with E-state index in [1.54, 1.807) is 0 Å². The molecule has 1 aromatic rings. The van der Waals surface area contributed by atoms with Crippen molar-refractivity contribution in [2.24, 2.45) is 0 Å². The van der Waals surface area contributed by atoms with Gasteiger partial charge in [0, 0.05) is 25.0 Å². The predicted molar refractivity (Wildman–Crippen MR) is 54.9 cm³/mol. The topological polar surface area (TPSA) is 24.1 Å². The molecule has 1 fully saturated rings. The van der Waals surface area contributed by atoms with Gasteiger partial charge in [-0.05, 0) is 12.6 Å². The highest BCUT2D eigenvalue weighted by atomic mass is 15.0. The minimum atomic E-state index is 0.586. The zero-order chi connectivity index (χ0) is 9.10. The standard InChI is InChI=1S/C11H16N2/c1-12-11-8-13-7-10(11)9-5-3-2-4-6-9/h2-6,10-13H,7-8H2,1H3/t10-,11+/m0/s1. The van der Waals surface area contributed by atoms with E-state index < -0.39 is 0 Å². The van der Waals surface area contributed by atoms with Gasteiger partial charge in [-0.2, -0.15) is 0 Å². The fourth-order valence-electron chi connectivity index (χ4n) is 2.03. The maximum Gasteiger partial charge on any atom is 0.0270 e. The SMILES string of the molecule is CN[C@@H]1CNC[C@H]1c1ccccc1. The lowest BCUT2D eigenvalue weighted by Gasteiger charge is -2.17. The van der Waals surface area contributed by atoms with Gasteiger partial charge in [-0.3, -0.25) is 0 Å². The first-order valence-electron chi connectivity index (χ1n) is 4.84. The van der Waals surface area contributed by atoms with Gasteiger partial charge >= 0.3 is 0 Å². The molecule has 2 N–H and O–H groups in total. The Morgan fingerprint density at radius 2 is 2.00 bits per heavy atom. The first kappa shape index (κ1) is 8.73. The van der Waals surface area contributed by atoms with E-state index in [9.17, 15) is 0 Å². The zero-order valence-electron chi connectivity index (χ0n) is 7.96. The molecule has 1 saturated heterocycles. The van der Waals surface area contributed by atoms with Crippen molar-refractivity contribution in [2.75, 3.05) is 20.1 Å². The molecule has 1 aliphatic heterocycles. The maximum absolute atomic E-state index is 3.41. The summed E-state index contributed by atoms with van der Waals surface area (Å²) in [6.45, 7) is 2.17. The molecular formula is C11H16N2. The number of hydrogen-bond acceptors (Lipinski definition) is 2. The first-order valence-corrected chi connectivity index (χ1v) is 4.84. The van der Waals surface area contributed by atoms with E-state index in [2.05, 4.69) is 41.0 Å². The van der Waals surface area contributed by atoms with Crippen LogP contribution in [-0.2, 0) is 0 Å². The molecule has 0 spiro atoms. The highest BCUT2D eigenvalue weighted by Gasteiger charge is 2.26. The smallest absolute Gasteiger partial charge is 0.0270 e. The van der Waals surface area contributed by atoms with E-state index in [1.165, 1.54) is 5.56 Å². The number of likely N-dealkylation sites (N-methyl/N-ethyl adjacent to an activating group) is 1. The highest BCUT2D eigenvalue weighted by Crippen LogP contribution is 2.21. The Balaban J connectivity index is 2.16. The Bertz CT molecular complexity index is 258. The summed E-state index contributed by atoms with van der Waals surface area (Å²) in [5.74, 6) is 0.631. The molecule has 1 aromatic carbocycles. The predicted octanol–water partition coefficient (Wildman–Crippen LogP) is 0.961. The lowest BCUT2D eigenvalue weighted by atomic mass is 9.95. The Kier molecular flexibility index (Phi) is 2.62. The number of rotatable bonds is 2. The summed E-state index contributed by atoms with van der Waals surface area (Å²) >= 11 is 0. The molecule has 2 rings (SSSR count). The van der Waals surface area contributed by atoms with Gasteiger partial charge in [0.15, 0.2) is 0 Å². The van der Waals surface area contributed by atoms with Crippen LogP contribution in [0.2, 0.25) is 0 Å². The van der Waals surface area contributed by atoms with Crippen LogP contribution >= 0.6 is 0 Å². The van der Waals surface area contributed by atoms with Crippen LogP contribution in [0.25, 0.3) is 0 Å². The number of benzene rings is 1. The van der Waals surface area contributed by atoms with Gasteiger partial charge in [-0.25, -0.2) is 0 Å². The average Bonchev–Trinajstić information content (AvgIpc) is 2.67. The van der Waals surface area contributed by atoms with Crippen LogP contribution in [0.15, 0.2) is 30.3 Å². The molecule has 0 radical (unpaired) electrons. The summed E-state index contributed by atoms with van der Waals surface area (Å²) in [5.41, 5.74) is 1.44. The monoisotopic (exact) mass is 176 g/mol. The van der Waals surface area contributed by atoms with E-state index in [4.69, 9.17) is 0 Å². The normalized spacial score (nSPS) is 27.8. The van der Waals surface area contributed by atoms with Crippen LogP contribution in [0.1, 0.15) is 11.5 Å². The Morgan fingerprint density at radius 3 is 2.69 bits per heavy atom. The van der Waals surface area contributed by atoms with Crippen molar-refractivity contribution in [3.05, 3.63) is 35.9 Å². The molecule has 13 heavy (non-hydrogen) atoms. The summed E-state index contributed by atoms with van der Waals surface area (Å²) in [6.07, 6.45) is 0. The number of nitrogens with one attached hydrogen (secondary N) is 2. The van der Waals surface area contributed by atoms with Crippen molar-refractivity contribution in [3.63, 3.8) is 0 Å². The summed E-state index contributed by atoms with van der Waals surface area (Å²) in [7, 11) is 2.04. The molecule has 70 valence electrons. The fourth-order valence-corrected chi connectivity index (χ4v) is 2.03. The van der Waals surface area contributed by atoms with Gasteiger partial charge in [-0.1, -0.05) is 30.3 Å². The van der Waals surface area contributed by atoms with Crippen molar-refractivity contribution < 1.29 is 0 Å². The van der Waals surface area contributed by atoms with Crippen molar-refractivity contribution in [1.82, 2.24) is 10.6 Å². The molecule has 0 saturated carbocycles. The minimum absolute atomic E-state index is 0.586. The van der Waals surface area contributed by atoms with E-state index in [0.29, 0.717) is 12.0 Å². The van der Waals surface area contributed by atoms with Crippen LogP contribution in [0.4, 0.5) is 0 Å². The Labute approximate surface area is 79.4 Å². The van der Waals surface area contributed by atoms with Crippen molar-refractivity contribution >= 4 is 0 Å². The molecule has 0 amide bonds. The molecule has 2 atom stereocenters. The maximum atomic E-state index is 3.41. The quantitative estimate of drug-likeness (QED) is 0.701. The third-order valence-corrected chi connectivity index (χ3v) is 2.81. The van der Waals surface area contributed by atoms with Crippen LogP contribution in [0.3, 0.4) is 0 Å². The molecule has 0 unspecified atom stereocenters. The van der Waals surface area contributed by atoms with E-state index in [0.717, 1.165) is 13.1 Å². The minimum Gasteiger partial charge on any atom is -0.315 e. The number of hydrogen-bond donors (Lipinski definition) is 2. The molecule has 1 heterocycles. The molecule has 0 aliphatic carbocycles. The first-order chi connectivity index (χ1) is 6.42. The molecule has 0 aromatic heterocycles. The lowest BCUT2D eigenvalue weighted by molar-refractivity contribution is 0.553. The third-order valence-electron chi connectivity index (χ3n) is 2.81.